The van der Waals surface area contributed by atoms with Crippen LogP contribution in [0.4, 0.5) is 10.9 Å². The van der Waals surface area contributed by atoms with Crippen molar-refractivity contribution in [3.63, 3.8) is 0 Å². The predicted octanol–water partition coefficient (Wildman–Crippen LogP) is 5.34. The number of benzene rings is 1. The van der Waals surface area contributed by atoms with Crippen molar-refractivity contribution < 1.29 is 4.79 Å². The van der Waals surface area contributed by atoms with Crippen molar-refractivity contribution in [3.8, 4) is 0 Å². The number of halogens is 3. The van der Waals surface area contributed by atoms with Gasteiger partial charge in [0.25, 0.3) is 0 Å². The molecule has 4 rings (SSSR count). The summed E-state index contributed by atoms with van der Waals surface area (Å²) in [6.45, 7) is 1.48. The number of nitrogens with one attached hydrogen (secondary N) is 1. The number of thiazole rings is 1. The lowest BCUT2D eigenvalue weighted by molar-refractivity contribution is -0.120. The molecule has 1 aromatic carbocycles. The van der Waals surface area contributed by atoms with Crippen LogP contribution in [-0.2, 0) is 11.2 Å². The molecule has 0 atom stereocenters. The van der Waals surface area contributed by atoms with Crippen LogP contribution in [0, 0.1) is 5.92 Å². The lowest BCUT2D eigenvalue weighted by Crippen LogP contribution is -2.38. The van der Waals surface area contributed by atoms with Gasteiger partial charge in [-0.25, -0.2) is 4.98 Å². The SMILES string of the molecule is O=C(Nc1ncc(Cc2cccc(Cl)c2Cl)s1)C1CCN(c2ccc(Cl)nn2)CC1. The summed E-state index contributed by atoms with van der Waals surface area (Å²) in [4.78, 5) is 20.1. The highest BCUT2D eigenvalue weighted by atomic mass is 35.5. The van der Waals surface area contributed by atoms with E-state index in [-0.39, 0.29) is 11.8 Å². The van der Waals surface area contributed by atoms with Gasteiger partial charge < -0.3 is 10.2 Å². The molecule has 1 N–H and O–H groups in total. The predicted molar refractivity (Wildman–Crippen MR) is 122 cm³/mol. The van der Waals surface area contributed by atoms with E-state index >= 15 is 0 Å². The number of hydrogen-bond acceptors (Lipinski definition) is 6. The summed E-state index contributed by atoms with van der Waals surface area (Å²) in [6.07, 6.45) is 3.87. The summed E-state index contributed by atoms with van der Waals surface area (Å²) in [6, 6.07) is 9.13. The Balaban J connectivity index is 1.31. The summed E-state index contributed by atoms with van der Waals surface area (Å²) in [5.41, 5.74) is 0.934. The number of anilines is 2. The molecule has 2 aromatic heterocycles. The normalized spacial score (nSPS) is 14.7. The Morgan fingerprint density at radius 3 is 2.67 bits per heavy atom. The fraction of sp³-hybridized carbons (Fsp3) is 0.300. The second-order valence-corrected chi connectivity index (χ2v) is 9.27. The van der Waals surface area contributed by atoms with Crippen LogP contribution in [0.3, 0.4) is 0 Å². The van der Waals surface area contributed by atoms with Gasteiger partial charge >= 0.3 is 0 Å². The summed E-state index contributed by atoms with van der Waals surface area (Å²) < 4.78 is 0. The molecule has 156 valence electrons. The average Bonchev–Trinajstić information content (AvgIpc) is 3.19. The lowest BCUT2D eigenvalue weighted by atomic mass is 9.96. The van der Waals surface area contributed by atoms with Crippen molar-refractivity contribution in [1.82, 2.24) is 15.2 Å². The smallest absolute Gasteiger partial charge is 0.229 e. The van der Waals surface area contributed by atoms with Gasteiger partial charge in [-0.1, -0.05) is 46.9 Å². The average molecular weight is 483 g/mol. The molecule has 0 radical (unpaired) electrons. The summed E-state index contributed by atoms with van der Waals surface area (Å²) >= 11 is 19.6. The first-order chi connectivity index (χ1) is 14.5. The Labute approximate surface area is 193 Å². The van der Waals surface area contributed by atoms with Crippen LogP contribution in [0.5, 0.6) is 0 Å². The highest BCUT2D eigenvalue weighted by Gasteiger charge is 2.26. The molecule has 1 fully saturated rings. The zero-order chi connectivity index (χ0) is 21.1. The van der Waals surface area contributed by atoms with E-state index < -0.39 is 0 Å². The molecule has 0 unspecified atom stereocenters. The Morgan fingerprint density at radius 2 is 1.93 bits per heavy atom. The topological polar surface area (TPSA) is 71.0 Å². The van der Waals surface area contributed by atoms with Crippen LogP contribution in [0.2, 0.25) is 15.2 Å². The van der Waals surface area contributed by atoms with Crippen LogP contribution in [0.1, 0.15) is 23.3 Å². The first kappa shape index (κ1) is 21.3. The lowest BCUT2D eigenvalue weighted by Gasteiger charge is -2.31. The van der Waals surface area contributed by atoms with Crippen LogP contribution in [0.15, 0.2) is 36.5 Å². The number of amides is 1. The Kier molecular flexibility index (Phi) is 6.73. The molecule has 3 heterocycles. The van der Waals surface area contributed by atoms with E-state index in [4.69, 9.17) is 34.8 Å². The van der Waals surface area contributed by atoms with Gasteiger partial charge in [-0.2, -0.15) is 0 Å². The monoisotopic (exact) mass is 481 g/mol. The highest BCUT2D eigenvalue weighted by Crippen LogP contribution is 2.30. The van der Waals surface area contributed by atoms with Gasteiger partial charge in [-0.05, 0) is 36.6 Å². The maximum Gasteiger partial charge on any atom is 0.229 e. The minimum absolute atomic E-state index is 0.00136. The molecule has 1 amide bonds. The third kappa shape index (κ3) is 5.03. The van der Waals surface area contributed by atoms with Gasteiger partial charge in [0.2, 0.25) is 5.91 Å². The number of rotatable bonds is 5. The molecule has 3 aromatic rings. The molecule has 0 spiro atoms. The van der Waals surface area contributed by atoms with Gasteiger partial charge in [0.1, 0.15) is 0 Å². The van der Waals surface area contributed by atoms with Gasteiger partial charge in [0.05, 0.1) is 10.0 Å². The Morgan fingerprint density at radius 1 is 1.13 bits per heavy atom. The van der Waals surface area contributed by atoms with Crippen molar-refractivity contribution in [2.45, 2.75) is 19.3 Å². The first-order valence-electron chi connectivity index (χ1n) is 9.42. The van der Waals surface area contributed by atoms with Crippen molar-refractivity contribution in [1.29, 1.82) is 0 Å². The Bertz CT molecular complexity index is 1040. The van der Waals surface area contributed by atoms with Crippen molar-refractivity contribution in [3.05, 3.63) is 62.2 Å². The third-order valence-electron chi connectivity index (χ3n) is 4.99. The molecule has 0 saturated carbocycles. The molecule has 30 heavy (non-hydrogen) atoms. The zero-order valence-electron chi connectivity index (χ0n) is 15.8. The minimum Gasteiger partial charge on any atom is -0.355 e. The van der Waals surface area contributed by atoms with Gasteiger partial charge in [0.15, 0.2) is 16.1 Å². The van der Waals surface area contributed by atoms with Crippen molar-refractivity contribution >= 4 is 63.0 Å². The fourth-order valence-corrected chi connectivity index (χ4v) is 4.70. The van der Waals surface area contributed by atoms with Gasteiger partial charge in [-0.3, -0.25) is 4.79 Å². The number of hydrogen-bond donors (Lipinski definition) is 1. The summed E-state index contributed by atoms with van der Waals surface area (Å²) in [7, 11) is 0. The molecule has 6 nitrogen and oxygen atoms in total. The molecule has 0 aliphatic carbocycles. The largest absolute Gasteiger partial charge is 0.355 e. The van der Waals surface area contributed by atoms with E-state index in [1.807, 2.05) is 18.2 Å². The Hall–Kier alpha value is -1.93. The zero-order valence-corrected chi connectivity index (χ0v) is 18.9. The first-order valence-corrected chi connectivity index (χ1v) is 11.4. The van der Waals surface area contributed by atoms with E-state index in [2.05, 4.69) is 25.4 Å². The number of carbonyl (C=O) groups is 1. The summed E-state index contributed by atoms with van der Waals surface area (Å²) in [5, 5.41) is 13.0. The molecule has 1 aliphatic rings. The van der Waals surface area contributed by atoms with E-state index in [0.29, 0.717) is 26.8 Å². The van der Waals surface area contributed by atoms with Crippen LogP contribution >= 0.6 is 46.1 Å². The van der Waals surface area contributed by atoms with Crippen molar-refractivity contribution in [2.75, 3.05) is 23.3 Å². The third-order valence-corrected chi connectivity index (χ3v) is 6.96. The fourth-order valence-electron chi connectivity index (χ4n) is 3.38. The quantitative estimate of drug-likeness (QED) is 0.531. The van der Waals surface area contributed by atoms with Gasteiger partial charge in [0, 0.05) is 36.5 Å². The molecule has 10 heteroatoms. The molecular formula is C20H18Cl3N5OS. The van der Waals surface area contributed by atoms with Crippen LogP contribution in [0.25, 0.3) is 0 Å². The number of carbonyl (C=O) groups excluding carboxylic acids is 1. The standard InChI is InChI=1S/C20H18Cl3N5OS/c21-15-3-1-2-13(18(15)23)10-14-11-24-20(30-14)25-19(29)12-6-8-28(9-7-12)17-5-4-16(22)26-27-17/h1-5,11-12H,6-10H2,(H,24,25,29). The second kappa shape index (κ2) is 9.47. The minimum atomic E-state index is -0.0590. The maximum absolute atomic E-state index is 12.7. The molecule has 0 bridgehead atoms. The van der Waals surface area contributed by atoms with E-state index in [1.165, 1.54) is 11.3 Å². The van der Waals surface area contributed by atoms with E-state index in [0.717, 1.165) is 42.2 Å². The number of piperidine rings is 1. The van der Waals surface area contributed by atoms with Crippen LogP contribution < -0.4 is 10.2 Å². The maximum atomic E-state index is 12.7. The number of nitrogens with zero attached hydrogens (tertiary/aromatic N) is 4. The molecule has 1 saturated heterocycles. The van der Waals surface area contributed by atoms with Crippen LogP contribution in [-0.4, -0.2) is 34.2 Å². The van der Waals surface area contributed by atoms with Crippen molar-refractivity contribution in [2.24, 2.45) is 5.92 Å². The van der Waals surface area contributed by atoms with Gasteiger partial charge in [-0.15, -0.1) is 21.5 Å². The highest BCUT2D eigenvalue weighted by molar-refractivity contribution is 7.15. The molecular weight excluding hydrogens is 465 g/mol. The van der Waals surface area contributed by atoms with E-state index in [1.54, 1.807) is 18.3 Å². The second-order valence-electron chi connectivity index (χ2n) is 6.99. The molecule has 1 aliphatic heterocycles. The van der Waals surface area contributed by atoms with E-state index in [9.17, 15) is 4.79 Å². The summed E-state index contributed by atoms with van der Waals surface area (Å²) in [5.74, 6) is 0.720. The number of aromatic nitrogens is 3.